The Labute approximate surface area is 107 Å². The highest BCUT2D eigenvalue weighted by atomic mass is 16.6. The van der Waals surface area contributed by atoms with Crippen molar-refractivity contribution >= 4 is 11.5 Å². The summed E-state index contributed by atoms with van der Waals surface area (Å²) in [7, 11) is 1.69. The molecule has 1 aliphatic rings. The van der Waals surface area contributed by atoms with Crippen LogP contribution >= 0.6 is 0 Å². The number of nitrogens with zero attached hydrogens (tertiary/aromatic N) is 3. The number of nitrogens with one attached hydrogen (secondary N) is 1. The van der Waals surface area contributed by atoms with Gasteiger partial charge in [0, 0.05) is 13.6 Å². The zero-order valence-electron chi connectivity index (χ0n) is 11.0. The summed E-state index contributed by atoms with van der Waals surface area (Å²) in [5, 5.41) is 18.1. The Bertz CT molecular complexity index is 435. The van der Waals surface area contributed by atoms with Crippen LogP contribution in [0.5, 0.6) is 0 Å². The lowest BCUT2D eigenvalue weighted by molar-refractivity contribution is -0.384. The van der Waals surface area contributed by atoms with E-state index in [9.17, 15) is 10.1 Å². The van der Waals surface area contributed by atoms with E-state index in [-0.39, 0.29) is 11.1 Å². The average molecular weight is 252 g/mol. The van der Waals surface area contributed by atoms with Gasteiger partial charge in [0.1, 0.15) is 6.20 Å². The smallest absolute Gasteiger partial charge is 0.330 e. The largest absolute Gasteiger partial charge is 0.362 e. The van der Waals surface area contributed by atoms with Crippen molar-refractivity contribution in [1.82, 2.24) is 9.78 Å². The Morgan fingerprint density at radius 1 is 1.50 bits per heavy atom. The van der Waals surface area contributed by atoms with Gasteiger partial charge in [-0.25, -0.2) is 0 Å². The Kier molecular flexibility index (Phi) is 3.54. The topological polar surface area (TPSA) is 73.0 Å². The lowest BCUT2D eigenvalue weighted by Gasteiger charge is -2.33. The van der Waals surface area contributed by atoms with E-state index in [0.717, 1.165) is 6.54 Å². The second-order valence-corrected chi connectivity index (χ2v) is 5.52. The molecule has 0 aliphatic heterocycles. The Hall–Kier alpha value is -1.59. The summed E-state index contributed by atoms with van der Waals surface area (Å²) in [6.07, 6.45) is 7.61. The van der Waals surface area contributed by atoms with E-state index in [1.165, 1.54) is 43.0 Å². The van der Waals surface area contributed by atoms with Gasteiger partial charge in [-0.3, -0.25) is 14.8 Å². The number of aromatic nitrogens is 2. The lowest BCUT2D eigenvalue weighted by atomic mass is 9.76. The molecular weight excluding hydrogens is 232 g/mol. The highest BCUT2D eigenvalue weighted by Crippen LogP contribution is 2.36. The van der Waals surface area contributed by atoms with Gasteiger partial charge < -0.3 is 5.32 Å². The van der Waals surface area contributed by atoms with Crippen LogP contribution < -0.4 is 5.32 Å². The highest BCUT2D eigenvalue weighted by Gasteiger charge is 2.28. The lowest BCUT2D eigenvalue weighted by Crippen LogP contribution is -2.29. The molecule has 100 valence electrons. The standard InChI is InChI=1S/C12H20N4O2/c1-12(6-4-3-5-7-12)9-13-11-10(16(17)18)8-15(2)14-11/h8H,3-7,9H2,1-2H3,(H,13,14). The first-order valence-electron chi connectivity index (χ1n) is 6.42. The van der Waals surface area contributed by atoms with E-state index in [4.69, 9.17) is 0 Å². The molecule has 0 atom stereocenters. The first-order chi connectivity index (χ1) is 8.50. The van der Waals surface area contributed by atoms with Gasteiger partial charge >= 0.3 is 5.69 Å². The third-order valence-corrected chi connectivity index (χ3v) is 3.75. The highest BCUT2D eigenvalue weighted by molar-refractivity contribution is 5.54. The third-order valence-electron chi connectivity index (χ3n) is 3.75. The normalized spacial score (nSPS) is 18.6. The zero-order valence-corrected chi connectivity index (χ0v) is 11.0. The summed E-state index contributed by atoms with van der Waals surface area (Å²) < 4.78 is 1.48. The number of anilines is 1. The van der Waals surface area contributed by atoms with Crippen molar-refractivity contribution < 1.29 is 4.92 Å². The van der Waals surface area contributed by atoms with E-state index < -0.39 is 4.92 Å². The molecule has 6 nitrogen and oxygen atoms in total. The van der Waals surface area contributed by atoms with Crippen LogP contribution in [0.4, 0.5) is 11.5 Å². The van der Waals surface area contributed by atoms with Crippen LogP contribution in [0.1, 0.15) is 39.0 Å². The molecule has 1 N–H and O–H groups in total. The summed E-state index contributed by atoms with van der Waals surface area (Å²) in [6, 6.07) is 0. The predicted octanol–water partition coefficient (Wildman–Crippen LogP) is 2.71. The summed E-state index contributed by atoms with van der Waals surface area (Å²) in [4.78, 5) is 10.5. The number of hydrogen-bond donors (Lipinski definition) is 1. The van der Waals surface area contributed by atoms with Gasteiger partial charge in [-0.15, -0.1) is 5.10 Å². The minimum absolute atomic E-state index is 0.0527. The molecule has 0 saturated heterocycles. The Balaban J connectivity index is 2.03. The van der Waals surface area contributed by atoms with Crippen molar-refractivity contribution in [2.24, 2.45) is 12.5 Å². The average Bonchev–Trinajstić information content (AvgIpc) is 2.69. The number of aryl methyl sites for hydroxylation is 1. The molecule has 1 aromatic heterocycles. The van der Waals surface area contributed by atoms with Gasteiger partial charge in [0.05, 0.1) is 4.92 Å². The summed E-state index contributed by atoms with van der Waals surface area (Å²) in [5.41, 5.74) is 0.292. The summed E-state index contributed by atoms with van der Waals surface area (Å²) in [6.45, 7) is 3.00. The maximum Gasteiger partial charge on any atom is 0.330 e. The molecule has 2 rings (SSSR count). The van der Waals surface area contributed by atoms with Crippen molar-refractivity contribution in [2.75, 3.05) is 11.9 Å². The fourth-order valence-electron chi connectivity index (χ4n) is 2.61. The molecule has 0 amide bonds. The van der Waals surface area contributed by atoms with E-state index in [1.54, 1.807) is 7.05 Å². The molecule has 0 unspecified atom stereocenters. The van der Waals surface area contributed by atoms with Gasteiger partial charge in [0.2, 0.25) is 5.82 Å². The fourth-order valence-corrected chi connectivity index (χ4v) is 2.61. The predicted molar refractivity (Wildman–Crippen MR) is 69.5 cm³/mol. The van der Waals surface area contributed by atoms with Crippen molar-refractivity contribution in [2.45, 2.75) is 39.0 Å². The van der Waals surface area contributed by atoms with Crippen LogP contribution in [-0.4, -0.2) is 21.2 Å². The molecule has 0 radical (unpaired) electrons. The molecule has 0 spiro atoms. The van der Waals surface area contributed by atoms with E-state index in [1.807, 2.05) is 0 Å². The third kappa shape index (κ3) is 2.80. The van der Waals surface area contributed by atoms with Gasteiger partial charge in [-0.05, 0) is 18.3 Å². The quantitative estimate of drug-likeness (QED) is 0.660. The molecule has 1 heterocycles. The molecule has 0 aromatic carbocycles. The monoisotopic (exact) mass is 252 g/mol. The molecule has 1 aliphatic carbocycles. The van der Waals surface area contributed by atoms with E-state index >= 15 is 0 Å². The Morgan fingerprint density at radius 3 is 2.78 bits per heavy atom. The molecule has 1 saturated carbocycles. The van der Waals surface area contributed by atoms with E-state index in [0.29, 0.717) is 5.82 Å². The maximum absolute atomic E-state index is 10.9. The van der Waals surface area contributed by atoms with Crippen LogP contribution in [0.3, 0.4) is 0 Å². The number of nitro groups is 1. The second kappa shape index (κ2) is 4.96. The minimum atomic E-state index is -0.390. The van der Waals surface area contributed by atoms with Gasteiger partial charge in [-0.2, -0.15) is 0 Å². The first kappa shape index (κ1) is 12.9. The SMILES string of the molecule is Cn1cc([N+](=O)[O-])c(NCC2(C)CCCCC2)n1. The number of rotatable bonds is 4. The molecule has 6 heteroatoms. The molecule has 0 bridgehead atoms. The van der Waals surface area contributed by atoms with Crippen LogP contribution in [-0.2, 0) is 7.05 Å². The van der Waals surface area contributed by atoms with Gasteiger partial charge in [0.15, 0.2) is 0 Å². The molecule has 18 heavy (non-hydrogen) atoms. The van der Waals surface area contributed by atoms with Crippen molar-refractivity contribution in [1.29, 1.82) is 0 Å². The first-order valence-corrected chi connectivity index (χ1v) is 6.42. The molecule has 1 aromatic rings. The fraction of sp³-hybridized carbons (Fsp3) is 0.750. The van der Waals surface area contributed by atoms with Gasteiger partial charge in [-0.1, -0.05) is 26.2 Å². The van der Waals surface area contributed by atoms with Crippen LogP contribution in [0.2, 0.25) is 0 Å². The maximum atomic E-state index is 10.9. The molecular formula is C12H20N4O2. The molecule has 1 fully saturated rings. The van der Waals surface area contributed by atoms with Crippen LogP contribution in [0.25, 0.3) is 0 Å². The minimum Gasteiger partial charge on any atom is -0.362 e. The van der Waals surface area contributed by atoms with Crippen LogP contribution in [0.15, 0.2) is 6.20 Å². The summed E-state index contributed by atoms with van der Waals surface area (Å²) >= 11 is 0. The Morgan fingerprint density at radius 2 is 2.17 bits per heavy atom. The summed E-state index contributed by atoms with van der Waals surface area (Å²) in [5.74, 6) is 0.384. The van der Waals surface area contributed by atoms with Gasteiger partial charge in [0.25, 0.3) is 0 Å². The van der Waals surface area contributed by atoms with Crippen molar-refractivity contribution in [3.8, 4) is 0 Å². The zero-order chi connectivity index (χ0) is 13.2. The van der Waals surface area contributed by atoms with Crippen LogP contribution in [0, 0.1) is 15.5 Å². The number of hydrogen-bond acceptors (Lipinski definition) is 4. The van der Waals surface area contributed by atoms with Crippen molar-refractivity contribution in [3.05, 3.63) is 16.3 Å². The second-order valence-electron chi connectivity index (χ2n) is 5.52. The van der Waals surface area contributed by atoms with Crippen molar-refractivity contribution in [3.63, 3.8) is 0 Å². The van der Waals surface area contributed by atoms with E-state index in [2.05, 4.69) is 17.3 Å².